The summed E-state index contributed by atoms with van der Waals surface area (Å²) in [5.41, 5.74) is 0.130. The van der Waals surface area contributed by atoms with E-state index in [4.69, 9.17) is 4.42 Å². The van der Waals surface area contributed by atoms with Crippen LogP contribution in [0.15, 0.2) is 32.4 Å². The molecular weight excluding hydrogens is 274 g/mol. The molecule has 0 saturated heterocycles. The van der Waals surface area contributed by atoms with Crippen molar-refractivity contribution >= 4 is 5.91 Å². The lowest BCUT2D eigenvalue weighted by molar-refractivity contribution is -0.121. The molecule has 0 saturated carbocycles. The molecular formula is C14H17N3O4. The topological polar surface area (TPSA) is 97.1 Å². The average Bonchev–Trinajstić information content (AvgIpc) is 2.96. The van der Waals surface area contributed by atoms with Crippen molar-refractivity contribution in [3.63, 3.8) is 0 Å². The molecule has 0 aliphatic carbocycles. The Labute approximate surface area is 120 Å². The van der Waals surface area contributed by atoms with Gasteiger partial charge in [-0.3, -0.25) is 14.2 Å². The number of amides is 1. The van der Waals surface area contributed by atoms with Crippen molar-refractivity contribution in [2.45, 2.75) is 26.3 Å². The van der Waals surface area contributed by atoms with Crippen LogP contribution in [0.4, 0.5) is 0 Å². The lowest BCUT2D eigenvalue weighted by Gasteiger charge is -2.07. The number of aryl methyl sites for hydroxylation is 1. The van der Waals surface area contributed by atoms with Crippen molar-refractivity contribution in [2.24, 2.45) is 7.05 Å². The molecule has 112 valence electrons. The van der Waals surface area contributed by atoms with Crippen LogP contribution in [0.25, 0.3) is 0 Å². The fourth-order valence-electron chi connectivity index (χ4n) is 1.99. The number of hydrogen-bond donors (Lipinski definition) is 2. The molecule has 2 aromatic rings. The van der Waals surface area contributed by atoms with Gasteiger partial charge in [0.1, 0.15) is 5.76 Å². The van der Waals surface area contributed by atoms with E-state index in [1.54, 1.807) is 19.1 Å². The highest BCUT2D eigenvalue weighted by molar-refractivity contribution is 5.76. The summed E-state index contributed by atoms with van der Waals surface area (Å²) in [6, 6.07) is 3.51. The van der Waals surface area contributed by atoms with Crippen LogP contribution in [-0.2, 0) is 24.8 Å². The molecule has 2 heterocycles. The Balaban J connectivity index is 1.97. The van der Waals surface area contributed by atoms with Gasteiger partial charge in [0.15, 0.2) is 0 Å². The Morgan fingerprint density at radius 2 is 2.19 bits per heavy atom. The first-order valence-electron chi connectivity index (χ1n) is 6.57. The highest BCUT2D eigenvalue weighted by Crippen LogP contribution is 2.02. The van der Waals surface area contributed by atoms with Crippen molar-refractivity contribution in [1.29, 1.82) is 0 Å². The summed E-state index contributed by atoms with van der Waals surface area (Å²) in [4.78, 5) is 37.7. The second-order valence-corrected chi connectivity index (χ2v) is 4.75. The molecule has 2 N–H and O–H groups in total. The van der Waals surface area contributed by atoms with Gasteiger partial charge in [-0.15, -0.1) is 0 Å². The highest BCUT2D eigenvalue weighted by Gasteiger charge is 2.11. The molecule has 1 amide bonds. The third-order valence-electron chi connectivity index (χ3n) is 3.26. The van der Waals surface area contributed by atoms with Crippen molar-refractivity contribution in [3.8, 4) is 0 Å². The first-order chi connectivity index (χ1) is 9.99. The molecule has 0 atom stereocenters. The van der Waals surface area contributed by atoms with Crippen LogP contribution in [0, 0.1) is 6.92 Å². The smallest absolute Gasteiger partial charge is 0.328 e. The molecule has 0 unspecified atom stereocenters. The Morgan fingerprint density at radius 3 is 2.86 bits per heavy atom. The zero-order chi connectivity index (χ0) is 15.4. The zero-order valence-corrected chi connectivity index (χ0v) is 11.9. The summed E-state index contributed by atoms with van der Waals surface area (Å²) in [5.74, 6) is 0.485. The predicted molar refractivity (Wildman–Crippen MR) is 75.9 cm³/mol. The molecule has 21 heavy (non-hydrogen) atoms. The maximum atomic E-state index is 12.0. The molecule has 0 aliphatic rings. The fourth-order valence-corrected chi connectivity index (χ4v) is 1.99. The van der Waals surface area contributed by atoms with E-state index in [1.165, 1.54) is 13.3 Å². The third-order valence-corrected chi connectivity index (χ3v) is 3.26. The summed E-state index contributed by atoms with van der Waals surface area (Å²) in [5, 5.41) is 2.71. The molecule has 0 spiro atoms. The number of aromatic nitrogens is 2. The van der Waals surface area contributed by atoms with Gasteiger partial charge >= 0.3 is 5.69 Å². The largest absolute Gasteiger partial charge is 0.467 e. The van der Waals surface area contributed by atoms with Crippen LogP contribution < -0.4 is 16.6 Å². The number of aromatic amines is 1. The second-order valence-electron chi connectivity index (χ2n) is 4.75. The molecule has 7 heteroatoms. The molecule has 2 aromatic heterocycles. The van der Waals surface area contributed by atoms with Gasteiger partial charge in [-0.1, -0.05) is 0 Å². The predicted octanol–water partition coefficient (Wildman–Crippen LogP) is 0.224. The van der Waals surface area contributed by atoms with Gasteiger partial charge in [0.05, 0.1) is 12.8 Å². The van der Waals surface area contributed by atoms with E-state index in [-0.39, 0.29) is 24.3 Å². The minimum absolute atomic E-state index is 0.169. The Morgan fingerprint density at radius 1 is 1.43 bits per heavy atom. The van der Waals surface area contributed by atoms with E-state index >= 15 is 0 Å². The molecule has 0 radical (unpaired) electrons. The van der Waals surface area contributed by atoms with Crippen LogP contribution in [0.3, 0.4) is 0 Å². The number of H-pyrrole nitrogens is 1. The van der Waals surface area contributed by atoms with Crippen molar-refractivity contribution in [3.05, 3.63) is 56.3 Å². The summed E-state index contributed by atoms with van der Waals surface area (Å²) in [7, 11) is 1.40. The summed E-state index contributed by atoms with van der Waals surface area (Å²) >= 11 is 0. The van der Waals surface area contributed by atoms with Gasteiger partial charge in [0, 0.05) is 24.7 Å². The van der Waals surface area contributed by atoms with Gasteiger partial charge < -0.3 is 14.7 Å². The molecule has 2 rings (SSSR count). The Kier molecular flexibility index (Phi) is 4.42. The molecule has 0 fully saturated rings. The quantitative estimate of drug-likeness (QED) is 0.823. The van der Waals surface area contributed by atoms with E-state index in [0.717, 1.165) is 4.57 Å². The lowest BCUT2D eigenvalue weighted by atomic mass is 10.1. The van der Waals surface area contributed by atoms with Crippen molar-refractivity contribution < 1.29 is 9.21 Å². The van der Waals surface area contributed by atoms with Gasteiger partial charge in [0.2, 0.25) is 5.91 Å². The first kappa shape index (κ1) is 14.8. The Hall–Kier alpha value is -2.57. The normalized spacial score (nSPS) is 10.6. The number of nitrogens with one attached hydrogen (secondary N) is 2. The van der Waals surface area contributed by atoms with Crippen LogP contribution in [0.5, 0.6) is 0 Å². The monoisotopic (exact) mass is 291 g/mol. The number of carbonyl (C=O) groups excluding carboxylic acids is 1. The van der Waals surface area contributed by atoms with E-state index in [9.17, 15) is 14.4 Å². The maximum absolute atomic E-state index is 12.0. The minimum Gasteiger partial charge on any atom is -0.467 e. The zero-order valence-electron chi connectivity index (χ0n) is 11.9. The van der Waals surface area contributed by atoms with E-state index in [1.807, 2.05) is 0 Å². The van der Waals surface area contributed by atoms with Gasteiger partial charge in [-0.2, -0.15) is 0 Å². The first-order valence-corrected chi connectivity index (χ1v) is 6.57. The third kappa shape index (κ3) is 3.50. The number of rotatable bonds is 5. The second kappa shape index (κ2) is 6.25. The number of carbonyl (C=O) groups is 1. The summed E-state index contributed by atoms with van der Waals surface area (Å²) in [6.45, 7) is 1.97. The molecule has 0 bridgehead atoms. The number of furan rings is 1. The minimum atomic E-state index is -0.455. The SMILES string of the molecule is Cc1[nH]c(=O)n(C)c(=O)c1CCC(=O)NCc1ccco1. The summed E-state index contributed by atoms with van der Waals surface area (Å²) < 4.78 is 6.11. The highest BCUT2D eigenvalue weighted by atomic mass is 16.3. The van der Waals surface area contributed by atoms with E-state index in [0.29, 0.717) is 23.6 Å². The van der Waals surface area contributed by atoms with Gasteiger partial charge in [-0.25, -0.2) is 4.79 Å². The van der Waals surface area contributed by atoms with Crippen molar-refractivity contribution in [1.82, 2.24) is 14.9 Å². The summed E-state index contributed by atoms with van der Waals surface area (Å²) in [6.07, 6.45) is 1.98. The average molecular weight is 291 g/mol. The maximum Gasteiger partial charge on any atom is 0.328 e. The van der Waals surface area contributed by atoms with Crippen LogP contribution >= 0.6 is 0 Å². The number of nitrogens with zero attached hydrogens (tertiary/aromatic N) is 1. The molecule has 7 nitrogen and oxygen atoms in total. The standard InChI is InChI=1S/C14H17N3O4/c1-9-11(13(19)17(2)14(20)16-9)5-6-12(18)15-8-10-4-3-7-21-10/h3-4,7H,5-6,8H2,1-2H3,(H,15,18)(H,16,20). The Bertz CT molecular complexity index is 741. The fraction of sp³-hybridized carbons (Fsp3) is 0.357. The van der Waals surface area contributed by atoms with Crippen molar-refractivity contribution in [2.75, 3.05) is 0 Å². The number of hydrogen-bond acceptors (Lipinski definition) is 4. The van der Waals surface area contributed by atoms with Gasteiger partial charge in [0.25, 0.3) is 5.56 Å². The lowest BCUT2D eigenvalue weighted by Crippen LogP contribution is -2.36. The molecule has 0 aliphatic heterocycles. The van der Waals surface area contributed by atoms with Gasteiger partial charge in [-0.05, 0) is 25.5 Å². The van der Waals surface area contributed by atoms with E-state index in [2.05, 4.69) is 10.3 Å². The van der Waals surface area contributed by atoms with E-state index < -0.39 is 5.69 Å². The molecule has 0 aromatic carbocycles. The van der Waals surface area contributed by atoms with Crippen LogP contribution in [0.1, 0.15) is 23.4 Å². The van der Waals surface area contributed by atoms with Crippen LogP contribution in [0.2, 0.25) is 0 Å². The van der Waals surface area contributed by atoms with Crippen LogP contribution in [-0.4, -0.2) is 15.5 Å².